The second-order valence-electron chi connectivity index (χ2n) is 3.19. The van der Waals surface area contributed by atoms with Crippen molar-refractivity contribution >= 4 is 5.65 Å². The van der Waals surface area contributed by atoms with E-state index in [2.05, 4.69) is 15.1 Å². The van der Waals surface area contributed by atoms with Gasteiger partial charge in [0.05, 0.1) is 11.9 Å². The Hall–Kier alpha value is -1.65. The molecule has 2 aromatic rings. The molecule has 0 aliphatic rings. The number of fused-ring (bicyclic) bond motifs is 1. The first kappa shape index (κ1) is 7.97. The van der Waals surface area contributed by atoms with Gasteiger partial charge in [-0.1, -0.05) is 13.8 Å². The average Bonchev–Trinajstić information content (AvgIpc) is 2.48. The third kappa shape index (κ3) is 1.12. The number of nitrogens with one attached hydrogen (secondary N) is 1. The number of nitrogens with zero attached hydrogens (tertiary/aromatic N) is 3. The standard InChI is InChI=1S/C8H10N4O/c1-5(2)6-3-9-7-8(13)10-4-11-12(6)7/h3-5H,1-2H3,(H,10,11,13). The molecule has 2 rings (SSSR count). The Morgan fingerprint density at radius 1 is 1.54 bits per heavy atom. The van der Waals surface area contributed by atoms with Crippen LogP contribution in [-0.4, -0.2) is 19.6 Å². The Balaban J connectivity index is 2.83. The third-order valence-electron chi connectivity index (χ3n) is 1.93. The molecule has 0 radical (unpaired) electrons. The van der Waals surface area contributed by atoms with Crippen molar-refractivity contribution in [1.82, 2.24) is 19.6 Å². The highest BCUT2D eigenvalue weighted by atomic mass is 16.1. The minimum atomic E-state index is -0.207. The van der Waals surface area contributed by atoms with Gasteiger partial charge in [-0.05, 0) is 5.92 Å². The fourth-order valence-corrected chi connectivity index (χ4v) is 1.24. The van der Waals surface area contributed by atoms with Crippen molar-refractivity contribution in [2.24, 2.45) is 0 Å². The zero-order chi connectivity index (χ0) is 9.42. The molecule has 0 aromatic carbocycles. The molecule has 0 bridgehead atoms. The van der Waals surface area contributed by atoms with Crippen LogP contribution >= 0.6 is 0 Å². The van der Waals surface area contributed by atoms with Crippen molar-refractivity contribution in [2.45, 2.75) is 19.8 Å². The molecule has 0 saturated carbocycles. The zero-order valence-electron chi connectivity index (χ0n) is 7.48. The molecule has 5 nitrogen and oxygen atoms in total. The average molecular weight is 178 g/mol. The summed E-state index contributed by atoms with van der Waals surface area (Å²) in [5.74, 6) is 0.310. The summed E-state index contributed by atoms with van der Waals surface area (Å²) < 4.78 is 1.57. The number of aromatic amines is 1. The lowest BCUT2D eigenvalue weighted by Gasteiger charge is -2.01. The lowest BCUT2D eigenvalue weighted by Crippen LogP contribution is -2.12. The Morgan fingerprint density at radius 2 is 2.31 bits per heavy atom. The van der Waals surface area contributed by atoms with E-state index in [1.807, 2.05) is 13.8 Å². The van der Waals surface area contributed by atoms with Gasteiger partial charge in [0.25, 0.3) is 5.56 Å². The summed E-state index contributed by atoms with van der Waals surface area (Å²) >= 11 is 0. The summed E-state index contributed by atoms with van der Waals surface area (Å²) in [5.41, 5.74) is 1.09. The van der Waals surface area contributed by atoms with Crippen LogP contribution in [0.3, 0.4) is 0 Å². The molecular weight excluding hydrogens is 168 g/mol. The maximum absolute atomic E-state index is 11.2. The fourth-order valence-electron chi connectivity index (χ4n) is 1.24. The van der Waals surface area contributed by atoms with Gasteiger partial charge in [-0.3, -0.25) is 4.79 Å². The van der Waals surface area contributed by atoms with Crippen LogP contribution in [-0.2, 0) is 0 Å². The van der Waals surface area contributed by atoms with E-state index in [4.69, 9.17) is 0 Å². The summed E-state index contributed by atoms with van der Waals surface area (Å²) in [6, 6.07) is 0. The first-order chi connectivity index (χ1) is 6.20. The van der Waals surface area contributed by atoms with E-state index in [0.29, 0.717) is 11.6 Å². The van der Waals surface area contributed by atoms with Gasteiger partial charge >= 0.3 is 0 Å². The molecular formula is C8H10N4O. The van der Waals surface area contributed by atoms with Crippen LogP contribution in [0.25, 0.3) is 5.65 Å². The zero-order valence-corrected chi connectivity index (χ0v) is 7.48. The van der Waals surface area contributed by atoms with E-state index in [-0.39, 0.29) is 5.56 Å². The van der Waals surface area contributed by atoms with Crippen molar-refractivity contribution in [3.63, 3.8) is 0 Å². The minimum absolute atomic E-state index is 0.207. The molecule has 13 heavy (non-hydrogen) atoms. The number of hydrogen-bond acceptors (Lipinski definition) is 3. The van der Waals surface area contributed by atoms with Gasteiger partial charge < -0.3 is 4.98 Å². The molecule has 2 aromatic heterocycles. The molecule has 0 atom stereocenters. The van der Waals surface area contributed by atoms with Crippen LogP contribution < -0.4 is 5.56 Å². The van der Waals surface area contributed by atoms with Gasteiger partial charge in [0, 0.05) is 0 Å². The van der Waals surface area contributed by atoms with Crippen LogP contribution in [0.15, 0.2) is 17.3 Å². The maximum atomic E-state index is 11.2. The quantitative estimate of drug-likeness (QED) is 0.693. The van der Waals surface area contributed by atoms with E-state index in [1.54, 1.807) is 10.7 Å². The Kier molecular flexibility index (Phi) is 1.65. The molecule has 68 valence electrons. The Morgan fingerprint density at radius 3 is 3.00 bits per heavy atom. The summed E-state index contributed by atoms with van der Waals surface area (Å²) in [4.78, 5) is 17.7. The van der Waals surface area contributed by atoms with Crippen LogP contribution in [0.2, 0.25) is 0 Å². The second-order valence-corrected chi connectivity index (χ2v) is 3.19. The number of rotatable bonds is 1. The van der Waals surface area contributed by atoms with Gasteiger partial charge in [0.2, 0.25) is 5.65 Å². The fraction of sp³-hybridized carbons (Fsp3) is 0.375. The first-order valence-electron chi connectivity index (χ1n) is 4.11. The van der Waals surface area contributed by atoms with Crippen molar-refractivity contribution in [2.75, 3.05) is 0 Å². The van der Waals surface area contributed by atoms with E-state index >= 15 is 0 Å². The number of imidazole rings is 1. The number of H-pyrrole nitrogens is 1. The largest absolute Gasteiger partial charge is 0.308 e. The molecule has 0 aliphatic heterocycles. The lowest BCUT2D eigenvalue weighted by atomic mass is 10.2. The summed E-state index contributed by atoms with van der Waals surface area (Å²) in [7, 11) is 0. The van der Waals surface area contributed by atoms with Crippen LogP contribution in [0.4, 0.5) is 0 Å². The monoisotopic (exact) mass is 178 g/mol. The molecule has 1 N–H and O–H groups in total. The molecule has 0 saturated heterocycles. The van der Waals surface area contributed by atoms with E-state index in [1.165, 1.54) is 6.33 Å². The normalized spacial score (nSPS) is 11.3. The van der Waals surface area contributed by atoms with Crippen LogP contribution in [0.1, 0.15) is 25.5 Å². The van der Waals surface area contributed by atoms with Crippen LogP contribution in [0.5, 0.6) is 0 Å². The van der Waals surface area contributed by atoms with Gasteiger partial charge in [-0.25, -0.2) is 9.50 Å². The smallest absolute Gasteiger partial charge is 0.294 e. The number of aromatic nitrogens is 4. The van der Waals surface area contributed by atoms with Crippen molar-refractivity contribution in [1.29, 1.82) is 0 Å². The topological polar surface area (TPSA) is 63.0 Å². The van der Waals surface area contributed by atoms with E-state index < -0.39 is 0 Å². The van der Waals surface area contributed by atoms with Crippen molar-refractivity contribution < 1.29 is 0 Å². The highest BCUT2D eigenvalue weighted by molar-refractivity contribution is 5.35. The SMILES string of the molecule is CC(C)c1cnc2c(=O)[nH]cnn12. The van der Waals surface area contributed by atoms with Gasteiger partial charge in [0.15, 0.2) is 0 Å². The highest BCUT2D eigenvalue weighted by Crippen LogP contribution is 2.12. The van der Waals surface area contributed by atoms with Gasteiger partial charge in [-0.15, -0.1) is 0 Å². The van der Waals surface area contributed by atoms with Gasteiger partial charge in [-0.2, -0.15) is 5.10 Å². The second kappa shape index (κ2) is 2.69. The molecule has 0 amide bonds. The summed E-state index contributed by atoms with van der Waals surface area (Å²) in [6.07, 6.45) is 3.06. The first-order valence-corrected chi connectivity index (χ1v) is 4.11. The Labute approximate surface area is 74.4 Å². The summed E-state index contributed by atoms with van der Waals surface area (Å²) in [6.45, 7) is 4.07. The third-order valence-corrected chi connectivity index (χ3v) is 1.93. The minimum Gasteiger partial charge on any atom is -0.308 e. The molecule has 0 aliphatic carbocycles. The molecule has 5 heteroatoms. The molecule has 0 spiro atoms. The molecule has 2 heterocycles. The van der Waals surface area contributed by atoms with E-state index in [9.17, 15) is 4.79 Å². The summed E-state index contributed by atoms with van der Waals surface area (Å²) in [5, 5.41) is 4.02. The van der Waals surface area contributed by atoms with Crippen molar-refractivity contribution in [3.05, 3.63) is 28.6 Å². The Bertz CT molecular complexity index is 482. The molecule has 0 unspecified atom stereocenters. The number of hydrogen-bond donors (Lipinski definition) is 1. The van der Waals surface area contributed by atoms with E-state index in [0.717, 1.165) is 5.69 Å². The van der Waals surface area contributed by atoms with Gasteiger partial charge in [0.1, 0.15) is 6.33 Å². The molecule has 0 fully saturated rings. The predicted molar refractivity (Wildman–Crippen MR) is 47.7 cm³/mol. The van der Waals surface area contributed by atoms with Crippen LogP contribution in [0, 0.1) is 0 Å². The highest BCUT2D eigenvalue weighted by Gasteiger charge is 2.09. The lowest BCUT2D eigenvalue weighted by molar-refractivity contribution is 0.747. The predicted octanol–water partition coefficient (Wildman–Crippen LogP) is 0.541. The van der Waals surface area contributed by atoms with Crippen molar-refractivity contribution in [3.8, 4) is 0 Å². The maximum Gasteiger partial charge on any atom is 0.294 e.